The number of ether oxygens (including phenoxy) is 1. The van der Waals surface area contributed by atoms with Gasteiger partial charge in [-0.2, -0.15) is 0 Å². The highest BCUT2D eigenvalue weighted by atomic mass is 19.1. The first kappa shape index (κ1) is 14.4. The summed E-state index contributed by atoms with van der Waals surface area (Å²) in [5.74, 6) is -0.224. The molecule has 0 saturated carbocycles. The SMILES string of the molecule is CCOc1ccc(CN(C)C(=O)CCN)cc1F. The van der Waals surface area contributed by atoms with Gasteiger partial charge in [-0.3, -0.25) is 4.79 Å². The van der Waals surface area contributed by atoms with Crippen LogP contribution >= 0.6 is 0 Å². The van der Waals surface area contributed by atoms with Crippen molar-refractivity contribution >= 4 is 5.91 Å². The molecule has 100 valence electrons. The minimum absolute atomic E-state index is 0.0493. The van der Waals surface area contributed by atoms with Crippen molar-refractivity contribution in [3.8, 4) is 5.75 Å². The Kier molecular flexibility index (Phi) is 5.58. The molecule has 0 bridgehead atoms. The van der Waals surface area contributed by atoms with E-state index in [0.29, 0.717) is 26.1 Å². The highest BCUT2D eigenvalue weighted by Gasteiger charge is 2.10. The van der Waals surface area contributed by atoms with Crippen LogP contribution in [0.5, 0.6) is 5.75 Å². The summed E-state index contributed by atoms with van der Waals surface area (Å²) in [5, 5.41) is 0. The number of hydrogen-bond acceptors (Lipinski definition) is 3. The molecule has 0 atom stereocenters. The second-order valence-electron chi connectivity index (χ2n) is 3.99. The second-order valence-corrected chi connectivity index (χ2v) is 3.99. The molecule has 0 saturated heterocycles. The molecular formula is C13H19FN2O2. The molecule has 0 aliphatic rings. The van der Waals surface area contributed by atoms with Crippen LogP contribution in [0, 0.1) is 5.82 Å². The van der Waals surface area contributed by atoms with Crippen LogP contribution in [0.3, 0.4) is 0 Å². The van der Waals surface area contributed by atoms with Gasteiger partial charge in [0, 0.05) is 26.6 Å². The first-order valence-corrected chi connectivity index (χ1v) is 5.93. The van der Waals surface area contributed by atoms with Gasteiger partial charge in [-0.15, -0.1) is 0 Å². The maximum atomic E-state index is 13.6. The second kappa shape index (κ2) is 6.96. The van der Waals surface area contributed by atoms with Crippen molar-refractivity contribution in [2.24, 2.45) is 5.73 Å². The van der Waals surface area contributed by atoms with Gasteiger partial charge in [0.1, 0.15) is 0 Å². The number of rotatable bonds is 6. The highest BCUT2D eigenvalue weighted by molar-refractivity contribution is 5.76. The molecule has 1 aromatic rings. The van der Waals surface area contributed by atoms with Crippen LogP contribution in [0.4, 0.5) is 4.39 Å². The van der Waals surface area contributed by atoms with Crippen LogP contribution in [0.2, 0.25) is 0 Å². The van der Waals surface area contributed by atoms with E-state index in [1.54, 1.807) is 26.1 Å². The molecule has 0 spiro atoms. The Hall–Kier alpha value is -1.62. The average molecular weight is 254 g/mol. The van der Waals surface area contributed by atoms with Crippen molar-refractivity contribution < 1.29 is 13.9 Å². The molecule has 0 fully saturated rings. The first-order chi connectivity index (χ1) is 8.58. The van der Waals surface area contributed by atoms with Crippen molar-refractivity contribution in [2.45, 2.75) is 19.9 Å². The van der Waals surface area contributed by atoms with Gasteiger partial charge < -0.3 is 15.4 Å². The minimum atomic E-state index is -0.408. The summed E-state index contributed by atoms with van der Waals surface area (Å²) in [7, 11) is 1.67. The molecule has 0 aromatic heterocycles. The van der Waals surface area contributed by atoms with Gasteiger partial charge in [0.05, 0.1) is 6.61 Å². The van der Waals surface area contributed by atoms with Crippen molar-refractivity contribution in [2.75, 3.05) is 20.2 Å². The molecule has 4 nitrogen and oxygen atoms in total. The fourth-order valence-corrected chi connectivity index (χ4v) is 1.59. The summed E-state index contributed by atoms with van der Waals surface area (Å²) in [5.41, 5.74) is 6.04. The van der Waals surface area contributed by atoms with Gasteiger partial charge in [0.15, 0.2) is 11.6 Å². The number of carbonyl (C=O) groups is 1. The summed E-state index contributed by atoms with van der Waals surface area (Å²) in [6.45, 7) is 2.90. The minimum Gasteiger partial charge on any atom is -0.491 e. The van der Waals surface area contributed by atoms with Crippen LogP contribution in [-0.4, -0.2) is 31.0 Å². The van der Waals surface area contributed by atoms with Gasteiger partial charge in [0.25, 0.3) is 0 Å². The zero-order chi connectivity index (χ0) is 13.5. The van der Waals surface area contributed by atoms with Gasteiger partial charge in [-0.25, -0.2) is 4.39 Å². The highest BCUT2D eigenvalue weighted by Crippen LogP contribution is 2.19. The Morgan fingerprint density at radius 1 is 1.50 bits per heavy atom. The zero-order valence-electron chi connectivity index (χ0n) is 10.8. The fraction of sp³-hybridized carbons (Fsp3) is 0.462. The fourth-order valence-electron chi connectivity index (χ4n) is 1.59. The third-order valence-electron chi connectivity index (χ3n) is 2.50. The monoisotopic (exact) mass is 254 g/mol. The molecule has 1 rings (SSSR count). The maximum absolute atomic E-state index is 13.6. The third-order valence-corrected chi connectivity index (χ3v) is 2.50. The van der Waals surface area contributed by atoms with E-state index < -0.39 is 5.82 Å². The van der Waals surface area contributed by atoms with Crippen LogP contribution in [0.1, 0.15) is 18.9 Å². The summed E-state index contributed by atoms with van der Waals surface area (Å²) >= 11 is 0. The predicted molar refractivity (Wildman–Crippen MR) is 67.7 cm³/mol. The number of halogens is 1. The molecule has 2 N–H and O–H groups in total. The van der Waals surface area contributed by atoms with Crippen molar-refractivity contribution in [3.05, 3.63) is 29.6 Å². The molecule has 1 amide bonds. The third kappa shape index (κ3) is 4.00. The lowest BCUT2D eigenvalue weighted by Gasteiger charge is -2.17. The zero-order valence-corrected chi connectivity index (χ0v) is 10.8. The maximum Gasteiger partial charge on any atom is 0.223 e. The molecule has 0 unspecified atom stereocenters. The first-order valence-electron chi connectivity index (χ1n) is 5.93. The number of nitrogens with zero attached hydrogens (tertiary/aromatic N) is 1. The largest absolute Gasteiger partial charge is 0.491 e. The smallest absolute Gasteiger partial charge is 0.223 e. The van der Waals surface area contributed by atoms with Crippen molar-refractivity contribution in [1.29, 1.82) is 0 Å². The number of carbonyl (C=O) groups excluding carboxylic acids is 1. The number of hydrogen-bond donors (Lipinski definition) is 1. The standard InChI is InChI=1S/C13H19FN2O2/c1-3-18-12-5-4-10(8-11(12)14)9-16(2)13(17)6-7-15/h4-5,8H,3,6-7,9,15H2,1-2H3. The molecular weight excluding hydrogens is 235 g/mol. The van der Waals surface area contributed by atoms with Crippen LogP contribution in [0.15, 0.2) is 18.2 Å². The van der Waals surface area contributed by atoms with E-state index in [1.807, 2.05) is 0 Å². The van der Waals surface area contributed by atoms with E-state index in [2.05, 4.69) is 0 Å². The van der Waals surface area contributed by atoms with Gasteiger partial charge in [0.2, 0.25) is 5.91 Å². The normalized spacial score (nSPS) is 10.2. The molecule has 0 heterocycles. The average Bonchev–Trinajstić information content (AvgIpc) is 2.33. The molecule has 18 heavy (non-hydrogen) atoms. The van der Waals surface area contributed by atoms with Gasteiger partial charge >= 0.3 is 0 Å². The van der Waals surface area contributed by atoms with Crippen LogP contribution < -0.4 is 10.5 Å². The summed E-state index contributed by atoms with van der Waals surface area (Å²) in [6, 6.07) is 4.72. The predicted octanol–water partition coefficient (Wildman–Crippen LogP) is 1.53. The Labute approximate surface area is 107 Å². The van der Waals surface area contributed by atoms with Crippen molar-refractivity contribution in [3.63, 3.8) is 0 Å². The van der Waals surface area contributed by atoms with E-state index in [-0.39, 0.29) is 11.7 Å². The quantitative estimate of drug-likeness (QED) is 0.837. The van der Waals surface area contributed by atoms with E-state index in [1.165, 1.54) is 11.0 Å². The van der Waals surface area contributed by atoms with Crippen LogP contribution in [0.25, 0.3) is 0 Å². The van der Waals surface area contributed by atoms with E-state index in [0.717, 1.165) is 5.56 Å². The Morgan fingerprint density at radius 3 is 2.78 bits per heavy atom. The lowest BCUT2D eigenvalue weighted by atomic mass is 10.2. The number of nitrogens with two attached hydrogens (primary N) is 1. The number of benzene rings is 1. The van der Waals surface area contributed by atoms with E-state index >= 15 is 0 Å². The molecule has 0 aliphatic carbocycles. The van der Waals surface area contributed by atoms with Crippen molar-refractivity contribution in [1.82, 2.24) is 4.90 Å². The summed E-state index contributed by atoms with van der Waals surface area (Å²) in [6.07, 6.45) is 0.302. The molecule has 0 aliphatic heterocycles. The van der Waals surface area contributed by atoms with Gasteiger partial charge in [-0.1, -0.05) is 6.07 Å². The van der Waals surface area contributed by atoms with Crippen LogP contribution in [-0.2, 0) is 11.3 Å². The van der Waals surface area contributed by atoms with E-state index in [9.17, 15) is 9.18 Å². The molecule has 0 radical (unpaired) electrons. The molecule has 5 heteroatoms. The Bertz CT molecular complexity index is 410. The summed E-state index contributed by atoms with van der Waals surface area (Å²) < 4.78 is 18.7. The Balaban J connectivity index is 2.68. The Morgan fingerprint density at radius 2 is 2.22 bits per heavy atom. The number of amides is 1. The molecule has 1 aromatic carbocycles. The van der Waals surface area contributed by atoms with Gasteiger partial charge in [-0.05, 0) is 24.6 Å². The lowest BCUT2D eigenvalue weighted by Crippen LogP contribution is -2.27. The van der Waals surface area contributed by atoms with E-state index in [4.69, 9.17) is 10.5 Å². The topological polar surface area (TPSA) is 55.6 Å². The summed E-state index contributed by atoms with van der Waals surface area (Å²) in [4.78, 5) is 13.1. The lowest BCUT2D eigenvalue weighted by molar-refractivity contribution is -0.130.